The van der Waals surface area contributed by atoms with Gasteiger partial charge >= 0.3 is 0 Å². The number of amides is 1. The van der Waals surface area contributed by atoms with Gasteiger partial charge in [0.25, 0.3) is 0 Å². The SMILES string of the molecule is COc1ccc(CNC(C)CC(N)=O)c(OC)c1. The molecule has 0 aromatic heterocycles. The van der Waals surface area contributed by atoms with Gasteiger partial charge < -0.3 is 20.5 Å². The van der Waals surface area contributed by atoms with Crippen molar-refractivity contribution in [2.24, 2.45) is 5.73 Å². The highest BCUT2D eigenvalue weighted by Gasteiger charge is 2.08. The number of hydrogen-bond acceptors (Lipinski definition) is 4. The van der Waals surface area contributed by atoms with Crippen molar-refractivity contribution in [1.29, 1.82) is 0 Å². The molecule has 3 N–H and O–H groups in total. The zero-order valence-corrected chi connectivity index (χ0v) is 11.0. The molecule has 0 saturated heterocycles. The molecule has 1 amide bonds. The lowest BCUT2D eigenvalue weighted by Gasteiger charge is -2.14. The summed E-state index contributed by atoms with van der Waals surface area (Å²) in [6.45, 7) is 2.53. The summed E-state index contributed by atoms with van der Waals surface area (Å²) in [6, 6.07) is 5.67. The van der Waals surface area contributed by atoms with Crippen LogP contribution in [0, 0.1) is 0 Å². The van der Waals surface area contributed by atoms with Gasteiger partial charge in [0.2, 0.25) is 5.91 Å². The van der Waals surface area contributed by atoms with Crippen molar-refractivity contribution >= 4 is 5.91 Å². The Bertz CT molecular complexity index is 407. The van der Waals surface area contributed by atoms with E-state index >= 15 is 0 Å². The summed E-state index contributed by atoms with van der Waals surface area (Å²) in [5.74, 6) is 1.20. The van der Waals surface area contributed by atoms with Gasteiger partial charge in [-0.05, 0) is 13.0 Å². The Morgan fingerprint density at radius 2 is 2.11 bits per heavy atom. The van der Waals surface area contributed by atoms with Crippen LogP contribution >= 0.6 is 0 Å². The summed E-state index contributed by atoms with van der Waals surface area (Å²) in [5, 5.41) is 3.22. The van der Waals surface area contributed by atoms with E-state index in [1.807, 2.05) is 25.1 Å². The first-order chi connectivity index (χ1) is 8.56. The van der Waals surface area contributed by atoms with Crippen LogP contribution in [0.25, 0.3) is 0 Å². The maximum atomic E-state index is 10.8. The quantitative estimate of drug-likeness (QED) is 0.761. The third-order valence-corrected chi connectivity index (χ3v) is 2.64. The second kappa shape index (κ2) is 6.86. The van der Waals surface area contributed by atoms with E-state index in [0.717, 1.165) is 17.1 Å². The Kier molecular flexibility index (Phi) is 5.45. The first-order valence-electron chi connectivity index (χ1n) is 5.79. The standard InChI is InChI=1S/C13H20N2O3/c1-9(6-13(14)16)15-8-10-4-5-11(17-2)7-12(10)18-3/h4-5,7,9,15H,6,8H2,1-3H3,(H2,14,16). The monoisotopic (exact) mass is 252 g/mol. The van der Waals surface area contributed by atoms with Crippen LogP contribution in [0.4, 0.5) is 0 Å². The molecular weight excluding hydrogens is 232 g/mol. The van der Waals surface area contributed by atoms with Crippen LogP contribution in [0.3, 0.4) is 0 Å². The molecule has 0 spiro atoms. The highest BCUT2D eigenvalue weighted by molar-refractivity contribution is 5.74. The highest BCUT2D eigenvalue weighted by atomic mass is 16.5. The van der Waals surface area contributed by atoms with E-state index in [-0.39, 0.29) is 11.9 Å². The summed E-state index contributed by atoms with van der Waals surface area (Å²) in [5.41, 5.74) is 6.15. The minimum Gasteiger partial charge on any atom is -0.497 e. The highest BCUT2D eigenvalue weighted by Crippen LogP contribution is 2.24. The zero-order chi connectivity index (χ0) is 13.5. The van der Waals surface area contributed by atoms with Gasteiger partial charge in [-0.1, -0.05) is 6.07 Å². The maximum Gasteiger partial charge on any atom is 0.218 e. The van der Waals surface area contributed by atoms with Gasteiger partial charge in [-0.25, -0.2) is 0 Å². The normalized spacial score (nSPS) is 11.9. The average Bonchev–Trinajstić information content (AvgIpc) is 2.35. The number of carbonyl (C=O) groups is 1. The molecule has 0 aliphatic carbocycles. The van der Waals surface area contributed by atoms with E-state index < -0.39 is 0 Å². The van der Waals surface area contributed by atoms with Crippen LogP contribution in [-0.2, 0) is 11.3 Å². The van der Waals surface area contributed by atoms with E-state index in [2.05, 4.69) is 5.32 Å². The number of carbonyl (C=O) groups excluding carboxylic acids is 1. The van der Waals surface area contributed by atoms with Gasteiger partial charge in [-0.2, -0.15) is 0 Å². The lowest BCUT2D eigenvalue weighted by molar-refractivity contribution is -0.118. The Balaban J connectivity index is 2.64. The number of benzene rings is 1. The van der Waals surface area contributed by atoms with Gasteiger partial charge in [0.1, 0.15) is 11.5 Å². The molecule has 5 heteroatoms. The topological polar surface area (TPSA) is 73.6 Å². The van der Waals surface area contributed by atoms with Crippen molar-refractivity contribution in [3.63, 3.8) is 0 Å². The van der Waals surface area contributed by atoms with E-state index in [0.29, 0.717) is 13.0 Å². The zero-order valence-electron chi connectivity index (χ0n) is 11.0. The minimum absolute atomic E-state index is 0.0364. The second-order valence-corrected chi connectivity index (χ2v) is 4.13. The number of primary amides is 1. The van der Waals surface area contributed by atoms with Crippen LogP contribution in [0.5, 0.6) is 11.5 Å². The molecule has 0 fully saturated rings. The molecule has 0 bridgehead atoms. The number of nitrogens with two attached hydrogens (primary N) is 1. The lowest BCUT2D eigenvalue weighted by Crippen LogP contribution is -2.30. The molecule has 1 unspecified atom stereocenters. The molecule has 0 saturated carbocycles. The summed E-state index contributed by atoms with van der Waals surface area (Å²) in [4.78, 5) is 10.8. The molecule has 1 atom stereocenters. The molecule has 18 heavy (non-hydrogen) atoms. The van der Waals surface area contributed by atoms with Crippen molar-refractivity contribution < 1.29 is 14.3 Å². The van der Waals surface area contributed by atoms with Crippen LogP contribution in [0.1, 0.15) is 18.9 Å². The third-order valence-electron chi connectivity index (χ3n) is 2.64. The second-order valence-electron chi connectivity index (χ2n) is 4.13. The molecular formula is C13H20N2O3. The predicted molar refractivity (Wildman–Crippen MR) is 69.7 cm³/mol. The molecule has 100 valence electrons. The number of ether oxygens (including phenoxy) is 2. The predicted octanol–water partition coefficient (Wildman–Crippen LogP) is 1.06. The van der Waals surface area contributed by atoms with E-state index in [9.17, 15) is 4.79 Å². The molecule has 1 aromatic rings. The minimum atomic E-state index is -0.309. The summed E-state index contributed by atoms with van der Waals surface area (Å²) in [7, 11) is 3.23. The molecule has 0 radical (unpaired) electrons. The first-order valence-corrected chi connectivity index (χ1v) is 5.79. The largest absolute Gasteiger partial charge is 0.497 e. The van der Waals surface area contributed by atoms with Crippen LogP contribution in [0.2, 0.25) is 0 Å². The van der Waals surface area contributed by atoms with Gasteiger partial charge in [-0.15, -0.1) is 0 Å². The summed E-state index contributed by atoms with van der Waals surface area (Å²) >= 11 is 0. The van der Waals surface area contributed by atoms with E-state index in [4.69, 9.17) is 15.2 Å². The Morgan fingerprint density at radius 1 is 1.39 bits per heavy atom. The smallest absolute Gasteiger partial charge is 0.218 e. The van der Waals surface area contributed by atoms with Crippen molar-refractivity contribution in [3.8, 4) is 11.5 Å². The van der Waals surface area contributed by atoms with Crippen molar-refractivity contribution in [2.45, 2.75) is 25.9 Å². The molecule has 0 aliphatic heterocycles. The Hall–Kier alpha value is -1.75. The van der Waals surface area contributed by atoms with Crippen molar-refractivity contribution in [3.05, 3.63) is 23.8 Å². The maximum absolute atomic E-state index is 10.8. The number of rotatable bonds is 7. The van der Waals surface area contributed by atoms with E-state index in [1.165, 1.54) is 0 Å². The number of methoxy groups -OCH3 is 2. The summed E-state index contributed by atoms with van der Waals surface area (Å²) < 4.78 is 10.4. The van der Waals surface area contributed by atoms with Crippen LogP contribution in [0.15, 0.2) is 18.2 Å². The molecule has 5 nitrogen and oxygen atoms in total. The Morgan fingerprint density at radius 3 is 2.67 bits per heavy atom. The molecule has 1 rings (SSSR count). The Labute approximate surface area is 107 Å². The lowest BCUT2D eigenvalue weighted by atomic mass is 10.1. The van der Waals surface area contributed by atoms with Crippen molar-refractivity contribution in [1.82, 2.24) is 5.32 Å². The third kappa shape index (κ3) is 4.25. The molecule has 0 heterocycles. The number of hydrogen-bond donors (Lipinski definition) is 2. The summed E-state index contributed by atoms with van der Waals surface area (Å²) in [6.07, 6.45) is 0.318. The number of nitrogens with one attached hydrogen (secondary N) is 1. The van der Waals surface area contributed by atoms with E-state index in [1.54, 1.807) is 14.2 Å². The van der Waals surface area contributed by atoms with Crippen molar-refractivity contribution in [2.75, 3.05) is 14.2 Å². The fraction of sp³-hybridized carbons (Fsp3) is 0.462. The van der Waals surface area contributed by atoms with Gasteiger partial charge in [-0.3, -0.25) is 4.79 Å². The average molecular weight is 252 g/mol. The fourth-order valence-corrected chi connectivity index (χ4v) is 1.66. The molecule has 1 aromatic carbocycles. The molecule has 0 aliphatic rings. The van der Waals surface area contributed by atoms with Gasteiger partial charge in [0.15, 0.2) is 0 Å². The van der Waals surface area contributed by atoms with Crippen LogP contribution in [-0.4, -0.2) is 26.2 Å². The van der Waals surface area contributed by atoms with Gasteiger partial charge in [0, 0.05) is 30.6 Å². The van der Waals surface area contributed by atoms with Crippen LogP contribution < -0.4 is 20.5 Å². The van der Waals surface area contributed by atoms with Gasteiger partial charge in [0.05, 0.1) is 14.2 Å². The fourth-order valence-electron chi connectivity index (χ4n) is 1.66. The first kappa shape index (κ1) is 14.3.